The van der Waals surface area contributed by atoms with Crippen LogP contribution >= 0.6 is 23.1 Å². The molecule has 0 aromatic carbocycles. The molecular formula is C15H20O3S2. The van der Waals surface area contributed by atoms with Crippen molar-refractivity contribution in [1.82, 2.24) is 0 Å². The molecule has 0 amide bonds. The van der Waals surface area contributed by atoms with Crippen molar-refractivity contribution < 1.29 is 14.3 Å². The number of hydrogen-bond acceptors (Lipinski definition) is 5. The third kappa shape index (κ3) is 2.93. The van der Waals surface area contributed by atoms with Crippen molar-refractivity contribution in [2.75, 3.05) is 12.9 Å². The summed E-state index contributed by atoms with van der Waals surface area (Å²) in [7, 11) is 1.39. The summed E-state index contributed by atoms with van der Waals surface area (Å²) in [6.45, 7) is 6.26. The summed E-state index contributed by atoms with van der Waals surface area (Å²) < 4.78 is 5.86. The van der Waals surface area contributed by atoms with Crippen LogP contribution in [0.25, 0.3) is 0 Å². The van der Waals surface area contributed by atoms with Gasteiger partial charge in [-0.3, -0.25) is 4.79 Å². The maximum atomic E-state index is 12.5. The van der Waals surface area contributed by atoms with Crippen molar-refractivity contribution in [3.05, 3.63) is 16.0 Å². The lowest BCUT2D eigenvalue weighted by Gasteiger charge is -2.29. The Morgan fingerprint density at radius 2 is 2.10 bits per heavy atom. The molecule has 1 heterocycles. The number of methoxy groups -OCH3 is 1. The highest BCUT2D eigenvalue weighted by Crippen LogP contribution is 2.45. The van der Waals surface area contributed by atoms with E-state index in [4.69, 9.17) is 4.74 Å². The van der Waals surface area contributed by atoms with Crippen LogP contribution in [0, 0.1) is 5.41 Å². The van der Waals surface area contributed by atoms with E-state index < -0.39 is 0 Å². The van der Waals surface area contributed by atoms with Crippen molar-refractivity contribution in [3.63, 3.8) is 0 Å². The van der Waals surface area contributed by atoms with Gasteiger partial charge in [-0.15, -0.1) is 23.1 Å². The molecule has 0 unspecified atom stereocenters. The maximum Gasteiger partial charge on any atom is 0.348 e. The van der Waals surface area contributed by atoms with Crippen LogP contribution in [-0.4, -0.2) is 24.6 Å². The fourth-order valence-electron chi connectivity index (χ4n) is 2.51. The molecule has 0 saturated heterocycles. The van der Waals surface area contributed by atoms with Gasteiger partial charge in [0.1, 0.15) is 4.88 Å². The fourth-order valence-corrected chi connectivity index (χ4v) is 5.01. The van der Waals surface area contributed by atoms with Gasteiger partial charge in [-0.05, 0) is 29.6 Å². The SMILES string of the molecule is CCCSc1sc(C(=O)OC)c2c1C(=O)CC(C)(C)C2. The lowest BCUT2D eigenvalue weighted by molar-refractivity contribution is 0.0604. The molecule has 2 rings (SSSR count). The molecule has 0 N–H and O–H groups in total. The summed E-state index contributed by atoms with van der Waals surface area (Å²) in [4.78, 5) is 25.0. The Hall–Kier alpha value is -0.810. The topological polar surface area (TPSA) is 43.4 Å². The normalized spacial score (nSPS) is 16.9. The first-order valence-corrected chi connectivity index (χ1v) is 8.60. The highest BCUT2D eigenvalue weighted by Gasteiger charge is 2.37. The average Bonchev–Trinajstić information content (AvgIpc) is 2.72. The van der Waals surface area contributed by atoms with Crippen LogP contribution in [0.2, 0.25) is 0 Å². The van der Waals surface area contributed by atoms with E-state index in [0.29, 0.717) is 11.3 Å². The molecule has 0 bridgehead atoms. The van der Waals surface area contributed by atoms with E-state index in [0.717, 1.165) is 33.9 Å². The Kier molecular flexibility index (Phi) is 4.59. The summed E-state index contributed by atoms with van der Waals surface area (Å²) in [6.07, 6.45) is 2.36. The van der Waals surface area contributed by atoms with Crippen molar-refractivity contribution in [2.45, 2.75) is 44.2 Å². The smallest absolute Gasteiger partial charge is 0.348 e. The van der Waals surface area contributed by atoms with E-state index in [-0.39, 0.29) is 17.2 Å². The van der Waals surface area contributed by atoms with Gasteiger partial charge in [0.25, 0.3) is 0 Å². The highest BCUT2D eigenvalue weighted by atomic mass is 32.2. The van der Waals surface area contributed by atoms with E-state index in [9.17, 15) is 9.59 Å². The molecule has 1 aromatic heterocycles. The predicted octanol–water partition coefficient (Wildman–Crippen LogP) is 4.19. The number of ether oxygens (including phenoxy) is 1. The molecule has 0 saturated carbocycles. The minimum Gasteiger partial charge on any atom is -0.465 e. The van der Waals surface area contributed by atoms with Crippen LogP contribution in [0.5, 0.6) is 0 Å². The van der Waals surface area contributed by atoms with Gasteiger partial charge in [-0.1, -0.05) is 20.8 Å². The zero-order chi connectivity index (χ0) is 14.9. The molecule has 0 atom stereocenters. The van der Waals surface area contributed by atoms with E-state index in [2.05, 4.69) is 20.8 Å². The van der Waals surface area contributed by atoms with Crippen molar-refractivity contribution in [2.24, 2.45) is 5.41 Å². The number of hydrogen-bond donors (Lipinski definition) is 0. The van der Waals surface area contributed by atoms with Gasteiger partial charge in [0.2, 0.25) is 0 Å². The molecule has 5 heteroatoms. The number of thiophene rings is 1. The number of carbonyl (C=O) groups is 2. The van der Waals surface area contributed by atoms with Gasteiger partial charge >= 0.3 is 5.97 Å². The van der Waals surface area contributed by atoms with Crippen molar-refractivity contribution in [1.29, 1.82) is 0 Å². The van der Waals surface area contributed by atoms with Gasteiger partial charge in [0, 0.05) is 12.0 Å². The first-order chi connectivity index (χ1) is 9.39. The van der Waals surface area contributed by atoms with Crippen molar-refractivity contribution in [3.8, 4) is 0 Å². The van der Waals surface area contributed by atoms with Crippen LogP contribution in [0.3, 0.4) is 0 Å². The Labute approximate surface area is 128 Å². The standard InChI is InChI=1S/C15H20O3S2/c1-5-6-19-14-11-9(12(20-14)13(17)18-4)7-15(2,3)8-10(11)16/h5-8H2,1-4H3. The van der Waals surface area contributed by atoms with E-state index in [1.54, 1.807) is 11.8 Å². The van der Waals surface area contributed by atoms with Gasteiger partial charge in [-0.2, -0.15) is 0 Å². The first-order valence-electron chi connectivity index (χ1n) is 6.79. The first kappa shape index (κ1) is 15.6. The van der Waals surface area contributed by atoms with Crippen LogP contribution in [0.1, 0.15) is 59.2 Å². The van der Waals surface area contributed by atoms with Crippen LogP contribution < -0.4 is 0 Å². The quantitative estimate of drug-likeness (QED) is 0.617. The number of Topliss-reactive ketones (excluding diaryl/α,β-unsaturated/α-hetero) is 1. The molecule has 1 aromatic rings. The molecule has 1 aliphatic rings. The third-order valence-electron chi connectivity index (χ3n) is 3.36. The number of ketones is 1. The summed E-state index contributed by atoms with van der Waals surface area (Å²) in [5.41, 5.74) is 1.61. The lowest BCUT2D eigenvalue weighted by Crippen LogP contribution is -2.27. The number of thioether (sulfide) groups is 1. The van der Waals surface area contributed by atoms with E-state index >= 15 is 0 Å². The monoisotopic (exact) mass is 312 g/mol. The summed E-state index contributed by atoms with van der Waals surface area (Å²) in [5.74, 6) is 0.811. The second-order valence-corrected chi connectivity index (χ2v) is 8.24. The van der Waals surface area contributed by atoms with E-state index in [1.807, 2.05) is 0 Å². The van der Waals surface area contributed by atoms with Gasteiger partial charge < -0.3 is 4.74 Å². The Balaban J connectivity index is 2.51. The van der Waals surface area contributed by atoms with Gasteiger partial charge in [-0.25, -0.2) is 4.79 Å². The molecule has 20 heavy (non-hydrogen) atoms. The largest absolute Gasteiger partial charge is 0.465 e. The number of fused-ring (bicyclic) bond motifs is 1. The number of carbonyl (C=O) groups excluding carboxylic acids is 2. The second-order valence-electron chi connectivity index (χ2n) is 5.85. The molecule has 0 radical (unpaired) electrons. The minimum absolute atomic E-state index is 0.0827. The molecule has 1 aliphatic carbocycles. The Morgan fingerprint density at radius 3 is 2.70 bits per heavy atom. The molecular weight excluding hydrogens is 292 g/mol. The molecule has 0 fully saturated rings. The van der Waals surface area contributed by atoms with Crippen LogP contribution in [-0.2, 0) is 11.2 Å². The number of rotatable bonds is 4. The van der Waals surface area contributed by atoms with Gasteiger partial charge in [0.05, 0.1) is 11.3 Å². The number of esters is 1. The highest BCUT2D eigenvalue weighted by molar-refractivity contribution is 8.01. The van der Waals surface area contributed by atoms with Crippen molar-refractivity contribution >= 4 is 34.9 Å². The molecule has 3 nitrogen and oxygen atoms in total. The van der Waals surface area contributed by atoms with Gasteiger partial charge in [0.15, 0.2) is 5.78 Å². The summed E-state index contributed by atoms with van der Waals surface area (Å²) in [5, 5.41) is 0. The fraction of sp³-hybridized carbons (Fsp3) is 0.600. The second kappa shape index (κ2) is 5.90. The molecule has 0 aliphatic heterocycles. The Bertz CT molecular complexity index is 544. The van der Waals surface area contributed by atoms with Crippen LogP contribution in [0.15, 0.2) is 4.21 Å². The lowest BCUT2D eigenvalue weighted by atomic mass is 9.74. The molecule has 0 spiro atoms. The predicted molar refractivity (Wildman–Crippen MR) is 83.1 cm³/mol. The maximum absolute atomic E-state index is 12.5. The zero-order valence-corrected chi connectivity index (χ0v) is 14.0. The zero-order valence-electron chi connectivity index (χ0n) is 12.4. The minimum atomic E-state index is -0.319. The summed E-state index contributed by atoms with van der Waals surface area (Å²) in [6, 6.07) is 0. The van der Waals surface area contributed by atoms with Crippen LogP contribution in [0.4, 0.5) is 0 Å². The third-order valence-corrected chi connectivity index (χ3v) is 6.05. The summed E-state index contributed by atoms with van der Waals surface area (Å²) >= 11 is 3.10. The molecule has 110 valence electrons. The Morgan fingerprint density at radius 1 is 1.40 bits per heavy atom. The van der Waals surface area contributed by atoms with E-state index in [1.165, 1.54) is 18.4 Å². The average molecular weight is 312 g/mol.